The first-order chi connectivity index (χ1) is 14.2. The third-order valence-electron chi connectivity index (χ3n) is 5.22. The number of carbonyl (C=O) groups is 1. The Morgan fingerprint density at radius 1 is 1.13 bits per heavy atom. The van der Waals surface area contributed by atoms with Gasteiger partial charge in [-0.25, -0.2) is 9.78 Å². The number of nitrogens with two attached hydrogens (primary N) is 1. The predicted octanol–water partition coefficient (Wildman–Crippen LogP) is 5.12. The average molecular weight is 472 g/mol. The van der Waals surface area contributed by atoms with Gasteiger partial charge in [-0.1, -0.05) is 34.8 Å². The summed E-state index contributed by atoms with van der Waals surface area (Å²) >= 11 is 18.7. The maximum Gasteiger partial charge on any atom is 0.319 e. The number of benzene rings is 1. The Morgan fingerprint density at radius 3 is 2.27 bits per heavy atom. The second-order valence-electron chi connectivity index (χ2n) is 7.67. The van der Waals surface area contributed by atoms with Crippen LogP contribution < -0.4 is 20.9 Å². The predicted molar refractivity (Wildman–Crippen MR) is 124 cm³/mol. The molecule has 0 spiro atoms. The normalized spacial score (nSPS) is 18.7. The molecule has 162 valence electrons. The van der Waals surface area contributed by atoms with E-state index in [1.807, 2.05) is 32.1 Å². The summed E-state index contributed by atoms with van der Waals surface area (Å²) < 4.78 is 0. The van der Waals surface area contributed by atoms with Gasteiger partial charge in [0.05, 0.1) is 15.7 Å². The molecule has 2 aromatic rings. The number of hydrogen-bond donors (Lipinski definition) is 2. The topological polar surface area (TPSA) is 87.4 Å². The van der Waals surface area contributed by atoms with Gasteiger partial charge in [-0.15, -0.1) is 0 Å². The Hall–Kier alpha value is -1.96. The number of nitrogens with zero attached hydrogens (tertiary/aromatic N) is 4. The second kappa shape index (κ2) is 9.45. The van der Waals surface area contributed by atoms with Crippen LogP contribution in [0.25, 0.3) is 0 Å². The molecule has 1 heterocycles. The van der Waals surface area contributed by atoms with Crippen molar-refractivity contribution in [3.8, 4) is 0 Å². The first-order valence-corrected chi connectivity index (χ1v) is 10.8. The standard InChI is InChI=1S/C20H25Cl3N6O/c1-11-10-25-20(27-18(11)28(2)3)26-13-4-6-14(7-5-13)29(19(24)30)17-15(22)8-12(21)9-16(17)23/h8-10,13-14H,4-7H2,1-3H3,(H2,24,30)(H,25,26,27)/t13-,14+. The summed E-state index contributed by atoms with van der Waals surface area (Å²) in [5, 5.41) is 4.42. The van der Waals surface area contributed by atoms with E-state index >= 15 is 0 Å². The van der Waals surface area contributed by atoms with Crippen LogP contribution in [-0.2, 0) is 0 Å². The molecule has 1 aromatic carbocycles. The zero-order chi connectivity index (χ0) is 22.0. The van der Waals surface area contributed by atoms with Crippen molar-refractivity contribution in [2.75, 3.05) is 29.2 Å². The van der Waals surface area contributed by atoms with Crippen molar-refractivity contribution < 1.29 is 4.79 Å². The molecule has 1 aromatic heterocycles. The number of amides is 2. The van der Waals surface area contributed by atoms with Crippen LogP contribution in [-0.4, -0.2) is 42.2 Å². The average Bonchev–Trinajstić information content (AvgIpc) is 2.66. The van der Waals surface area contributed by atoms with E-state index in [0.29, 0.717) is 26.7 Å². The molecule has 0 saturated heterocycles. The van der Waals surface area contributed by atoms with Crippen molar-refractivity contribution in [1.82, 2.24) is 9.97 Å². The fourth-order valence-electron chi connectivity index (χ4n) is 3.85. The molecule has 0 atom stereocenters. The smallest absolute Gasteiger partial charge is 0.319 e. The number of rotatable bonds is 5. The van der Waals surface area contributed by atoms with Crippen molar-refractivity contribution >= 4 is 58.3 Å². The van der Waals surface area contributed by atoms with Gasteiger partial charge in [-0.05, 0) is 44.7 Å². The third kappa shape index (κ3) is 5.02. The van der Waals surface area contributed by atoms with Crippen molar-refractivity contribution in [2.24, 2.45) is 5.73 Å². The fourth-order valence-corrected chi connectivity index (χ4v) is 4.85. The minimum atomic E-state index is -0.588. The molecule has 3 N–H and O–H groups in total. The molecule has 1 saturated carbocycles. The largest absolute Gasteiger partial charge is 0.362 e. The van der Waals surface area contributed by atoms with Crippen molar-refractivity contribution in [1.29, 1.82) is 0 Å². The van der Waals surface area contributed by atoms with Gasteiger partial charge in [0.25, 0.3) is 0 Å². The molecule has 1 aliphatic carbocycles. The molecule has 0 aliphatic heterocycles. The summed E-state index contributed by atoms with van der Waals surface area (Å²) in [7, 11) is 3.91. The minimum Gasteiger partial charge on any atom is -0.362 e. The first kappa shape index (κ1) is 22.7. The molecule has 30 heavy (non-hydrogen) atoms. The van der Waals surface area contributed by atoms with Gasteiger partial charge >= 0.3 is 6.03 Å². The molecule has 2 amide bonds. The maximum absolute atomic E-state index is 12.3. The summed E-state index contributed by atoms with van der Waals surface area (Å²) in [5.74, 6) is 1.48. The Bertz CT molecular complexity index is 908. The SMILES string of the molecule is Cc1cnc(N[C@H]2CC[C@@H](N(C(N)=O)c3c(Cl)cc(Cl)cc3Cl)CC2)nc1N(C)C. The number of aromatic nitrogens is 2. The summed E-state index contributed by atoms with van der Waals surface area (Å²) in [6.07, 6.45) is 4.94. The summed E-state index contributed by atoms with van der Waals surface area (Å²) in [6, 6.07) is 2.63. The third-order valence-corrected chi connectivity index (χ3v) is 6.02. The Kier molecular flexibility index (Phi) is 7.16. The van der Waals surface area contributed by atoms with Crippen LogP contribution in [0.4, 0.5) is 22.2 Å². The van der Waals surface area contributed by atoms with E-state index in [1.165, 1.54) is 4.90 Å². The van der Waals surface area contributed by atoms with Gasteiger partial charge < -0.3 is 16.0 Å². The highest BCUT2D eigenvalue weighted by molar-refractivity contribution is 6.42. The monoisotopic (exact) mass is 470 g/mol. The summed E-state index contributed by atoms with van der Waals surface area (Å²) in [5.41, 5.74) is 7.11. The molecule has 3 rings (SSSR count). The Morgan fingerprint density at radius 2 is 1.73 bits per heavy atom. The summed E-state index contributed by atoms with van der Waals surface area (Å²) in [6.45, 7) is 1.98. The van der Waals surface area contributed by atoms with Gasteiger partial charge in [-0.3, -0.25) is 4.90 Å². The number of urea groups is 1. The van der Waals surface area contributed by atoms with Crippen LogP contribution in [0.3, 0.4) is 0 Å². The molecule has 7 nitrogen and oxygen atoms in total. The molecule has 0 radical (unpaired) electrons. The summed E-state index contributed by atoms with van der Waals surface area (Å²) in [4.78, 5) is 24.7. The van der Waals surface area contributed by atoms with E-state index in [4.69, 9.17) is 40.5 Å². The Balaban J connectivity index is 1.71. The molecule has 1 fully saturated rings. The number of halogens is 3. The van der Waals surface area contributed by atoms with Gasteiger partial charge in [0.15, 0.2) is 0 Å². The van der Waals surface area contributed by atoms with E-state index in [1.54, 1.807) is 12.1 Å². The highest BCUT2D eigenvalue weighted by Gasteiger charge is 2.31. The molecular formula is C20H25Cl3N6O. The quantitative estimate of drug-likeness (QED) is 0.632. The van der Waals surface area contributed by atoms with Gasteiger partial charge in [0, 0.05) is 43.0 Å². The van der Waals surface area contributed by atoms with Gasteiger partial charge in [-0.2, -0.15) is 4.98 Å². The number of carbonyl (C=O) groups excluding carboxylic acids is 1. The van der Waals surface area contributed by atoms with E-state index < -0.39 is 6.03 Å². The molecule has 0 unspecified atom stereocenters. The zero-order valence-corrected chi connectivity index (χ0v) is 19.4. The highest BCUT2D eigenvalue weighted by Crippen LogP contribution is 2.39. The maximum atomic E-state index is 12.3. The van der Waals surface area contributed by atoms with Crippen molar-refractivity contribution in [2.45, 2.75) is 44.7 Å². The number of anilines is 3. The second-order valence-corrected chi connectivity index (χ2v) is 8.92. The van der Waals surface area contributed by atoms with E-state index in [0.717, 1.165) is 37.1 Å². The molecule has 1 aliphatic rings. The Labute approximate surface area is 191 Å². The number of primary amides is 1. The number of nitrogens with one attached hydrogen (secondary N) is 1. The number of hydrogen-bond acceptors (Lipinski definition) is 5. The van der Waals surface area contributed by atoms with E-state index in [9.17, 15) is 4.79 Å². The van der Waals surface area contributed by atoms with E-state index in [2.05, 4.69) is 15.3 Å². The molecular weight excluding hydrogens is 447 g/mol. The number of aryl methyl sites for hydroxylation is 1. The first-order valence-electron chi connectivity index (χ1n) is 9.68. The molecule has 0 bridgehead atoms. The lowest BCUT2D eigenvalue weighted by Gasteiger charge is -2.37. The highest BCUT2D eigenvalue weighted by atomic mass is 35.5. The van der Waals surface area contributed by atoms with Gasteiger partial charge in [0.2, 0.25) is 5.95 Å². The van der Waals surface area contributed by atoms with Crippen LogP contribution in [0.1, 0.15) is 31.2 Å². The lowest BCUT2D eigenvalue weighted by Crippen LogP contribution is -2.47. The van der Waals surface area contributed by atoms with Crippen LogP contribution in [0.5, 0.6) is 0 Å². The fraction of sp³-hybridized carbons (Fsp3) is 0.450. The zero-order valence-electron chi connectivity index (χ0n) is 17.1. The lowest BCUT2D eigenvalue weighted by molar-refractivity contribution is 0.248. The van der Waals surface area contributed by atoms with Crippen molar-refractivity contribution in [3.05, 3.63) is 39.0 Å². The van der Waals surface area contributed by atoms with Crippen LogP contribution in [0.2, 0.25) is 15.1 Å². The minimum absolute atomic E-state index is 0.104. The van der Waals surface area contributed by atoms with E-state index in [-0.39, 0.29) is 12.1 Å². The lowest BCUT2D eigenvalue weighted by atomic mass is 9.90. The van der Waals surface area contributed by atoms with Crippen LogP contribution in [0.15, 0.2) is 18.3 Å². The van der Waals surface area contributed by atoms with Crippen LogP contribution >= 0.6 is 34.8 Å². The van der Waals surface area contributed by atoms with Crippen molar-refractivity contribution in [3.63, 3.8) is 0 Å². The van der Waals surface area contributed by atoms with Gasteiger partial charge in [0.1, 0.15) is 5.82 Å². The van der Waals surface area contributed by atoms with Crippen LogP contribution in [0, 0.1) is 6.92 Å². The molecule has 10 heteroatoms.